The smallest absolute Gasteiger partial charge is 0.337 e. The Bertz CT molecular complexity index is 744. The first-order valence-corrected chi connectivity index (χ1v) is 7.80. The predicted molar refractivity (Wildman–Crippen MR) is 90.9 cm³/mol. The molecule has 0 heterocycles. The minimum absolute atomic E-state index is 0.131. The number of esters is 1. The van der Waals surface area contributed by atoms with Gasteiger partial charge < -0.3 is 14.8 Å². The van der Waals surface area contributed by atoms with Crippen LogP contribution in [0.3, 0.4) is 0 Å². The molecule has 1 N–H and O–H groups in total. The van der Waals surface area contributed by atoms with Crippen molar-refractivity contribution in [2.24, 2.45) is 0 Å². The van der Waals surface area contributed by atoms with Gasteiger partial charge in [0.15, 0.2) is 11.6 Å². The first-order chi connectivity index (χ1) is 12.0. The summed E-state index contributed by atoms with van der Waals surface area (Å²) in [5.41, 5.74) is 2.06. The van der Waals surface area contributed by atoms with Crippen LogP contribution in [0.4, 0.5) is 4.39 Å². The van der Waals surface area contributed by atoms with E-state index in [0.29, 0.717) is 18.5 Å². The van der Waals surface area contributed by atoms with Crippen LogP contribution in [0.5, 0.6) is 5.75 Å². The summed E-state index contributed by atoms with van der Waals surface area (Å²) in [5.74, 6) is -0.787. The third-order valence-electron chi connectivity index (χ3n) is 3.72. The van der Waals surface area contributed by atoms with Crippen LogP contribution >= 0.6 is 0 Å². The quantitative estimate of drug-likeness (QED) is 0.784. The average molecular weight is 345 g/mol. The summed E-state index contributed by atoms with van der Waals surface area (Å²) in [5, 5.41) is 2.80. The molecule has 2 aromatic carbocycles. The van der Waals surface area contributed by atoms with Gasteiger partial charge in [0.25, 0.3) is 0 Å². The zero-order valence-corrected chi connectivity index (χ0v) is 14.2. The lowest BCUT2D eigenvalue weighted by molar-refractivity contribution is -0.121. The number of methoxy groups -OCH3 is 2. The number of hydrogen-bond donors (Lipinski definition) is 1. The molecule has 0 saturated carbocycles. The van der Waals surface area contributed by atoms with Crippen LogP contribution in [0.2, 0.25) is 0 Å². The third kappa shape index (κ3) is 5.31. The molecule has 0 radical (unpaired) electrons. The van der Waals surface area contributed by atoms with Gasteiger partial charge in [0.1, 0.15) is 0 Å². The number of halogens is 1. The molecule has 0 aliphatic rings. The second-order valence-electron chi connectivity index (χ2n) is 5.43. The Morgan fingerprint density at radius 1 is 1.04 bits per heavy atom. The van der Waals surface area contributed by atoms with E-state index in [4.69, 9.17) is 4.74 Å². The number of amides is 1. The zero-order valence-electron chi connectivity index (χ0n) is 14.2. The van der Waals surface area contributed by atoms with E-state index in [-0.39, 0.29) is 18.1 Å². The second kappa shape index (κ2) is 8.82. The lowest BCUT2D eigenvalue weighted by Gasteiger charge is -2.07. The Hall–Kier alpha value is -2.89. The highest BCUT2D eigenvalue weighted by Crippen LogP contribution is 2.18. The van der Waals surface area contributed by atoms with E-state index in [9.17, 15) is 14.0 Å². The Balaban J connectivity index is 1.80. The number of carbonyl (C=O) groups is 2. The normalized spacial score (nSPS) is 10.2. The lowest BCUT2D eigenvalue weighted by Crippen LogP contribution is -2.23. The molecule has 0 unspecified atom stereocenters. The van der Waals surface area contributed by atoms with Crippen molar-refractivity contribution in [2.45, 2.75) is 19.4 Å². The van der Waals surface area contributed by atoms with Crippen LogP contribution in [-0.2, 0) is 22.5 Å². The molecule has 0 bridgehead atoms. The summed E-state index contributed by atoms with van der Waals surface area (Å²) >= 11 is 0. The highest BCUT2D eigenvalue weighted by atomic mass is 19.1. The molecule has 1 amide bonds. The van der Waals surface area contributed by atoms with Crippen LogP contribution in [0.25, 0.3) is 0 Å². The highest BCUT2D eigenvalue weighted by molar-refractivity contribution is 5.89. The van der Waals surface area contributed by atoms with E-state index in [1.54, 1.807) is 36.4 Å². The Labute approximate surface area is 145 Å². The first kappa shape index (κ1) is 18.4. The Morgan fingerprint density at radius 3 is 2.32 bits per heavy atom. The summed E-state index contributed by atoms with van der Waals surface area (Å²) in [6, 6.07) is 11.5. The number of benzene rings is 2. The van der Waals surface area contributed by atoms with Crippen LogP contribution in [0.1, 0.15) is 27.9 Å². The average Bonchev–Trinajstić information content (AvgIpc) is 2.64. The van der Waals surface area contributed by atoms with Gasteiger partial charge >= 0.3 is 5.97 Å². The molecule has 0 aliphatic carbocycles. The molecule has 0 aromatic heterocycles. The summed E-state index contributed by atoms with van der Waals surface area (Å²) in [6.07, 6.45) is 0.694. The zero-order chi connectivity index (χ0) is 18.2. The van der Waals surface area contributed by atoms with Crippen LogP contribution < -0.4 is 10.1 Å². The maximum Gasteiger partial charge on any atom is 0.337 e. The molecule has 132 valence electrons. The molecule has 0 saturated heterocycles. The van der Waals surface area contributed by atoms with Crippen molar-refractivity contribution in [3.63, 3.8) is 0 Å². The van der Waals surface area contributed by atoms with Crippen molar-refractivity contribution in [1.82, 2.24) is 5.32 Å². The Kier molecular flexibility index (Phi) is 6.51. The number of hydrogen-bond acceptors (Lipinski definition) is 4. The number of nitrogens with one attached hydrogen (secondary N) is 1. The number of carbonyl (C=O) groups excluding carboxylic acids is 2. The molecule has 2 aromatic rings. The molecule has 6 heteroatoms. The third-order valence-corrected chi connectivity index (χ3v) is 3.72. The molecule has 0 spiro atoms. The minimum atomic E-state index is -0.439. The van der Waals surface area contributed by atoms with Gasteiger partial charge in [-0.05, 0) is 41.8 Å². The van der Waals surface area contributed by atoms with Gasteiger partial charge in [-0.3, -0.25) is 4.79 Å². The molecule has 0 aliphatic heterocycles. The maximum absolute atomic E-state index is 13.6. The second-order valence-corrected chi connectivity index (χ2v) is 5.43. The van der Waals surface area contributed by atoms with Gasteiger partial charge in [-0.2, -0.15) is 0 Å². The summed E-state index contributed by atoms with van der Waals surface area (Å²) in [4.78, 5) is 23.3. The number of aryl methyl sites for hydroxylation is 1. The first-order valence-electron chi connectivity index (χ1n) is 7.80. The van der Waals surface area contributed by atoms with Crippen LogP contribution in [-0.4, -0.2) is 26.1 Å². The van der Waals surface area contributed by atoms with Crippen LogP contribution in [0.15, 0.2) is 42.5 Å². The van der Waals surface area contributed by atoms with E-state index < -0.39 is 11.8 Å². The summed E-state index contributed by atoms with van der Waals surface area (Å²) < 4.78 is 23.1. The molecular weight excluding hydrogens is 325 g/mol. The van der Waals surface area contributed by atoms with Gasteiger partial charge in [0, 0.05) is 13.0 Å². The Morgan fingerprint density at radius 2 is 1.72 bits per heavy atom. The molecule has 25 heavy (non-hydrogen) atoms. The molecule has 2 rings (SSSR count). The van der Waals surface area contributed by atoms with E-state index in [1.165, 1.54) is 20.3 Å². The maximum atomic E-state index is 13.6. The fraction of sp³-hybridized carbons (Fsp3) is 0.263. The molecule has 5 nitrogen and oxygen atoms in total. The summed E-state index contributed by atoms with van der Waals surface area (Å²) in [7, 11) is 2.73. The van der Waals surface area contributed by atoms with Crippen molar-refractivity contribution in [3.8, 4) is 5.75 Å². The largest absolute Gasteiger partial charge is 0.494 e. The standard InChI is InChI=1S/C19H20FNO4/c1-24-17-9-5-13(11-16(17)20)6-10-18(22)21-12-14-3-7-15(8-4-14)19(23)25-2/h3-5,7-9,11H,6,10,12H2,1-2H3,(H,21,22). The fourth-order valence-electron chi connectivity index (χ4n) is 2.29. The van der Waals surface area contributed by atoms with Crippen molar-refractivity contribution in [2.75, 3.05) is 14.2 Å². The highest BCUT2D eigenvalue weighted by Gasteiger charge is 2.07. The SMILES string of the molecule is COC(=O)c1ccc(CNC(=O)CCc2ccc(OC)c(F)c2)cc1. The van der Waals surface area contributed by atoms with Crippen molar-refractivity contribution < 1.29 is 23.5 Å². The van der Waals surface area contributed by atoms with Gasteiger partial charge in [0.2, 0.25) is 5.91 Å². The van der Waals surface area contributed by atoms with Crippen molar-refractivity contribution >= 4 is 11.9 Å². The van der Waals surface area contributed by atoms with E-state index in [1.807, 2.05) is 0 Å². The minimum Gasteiger partial charge on any atom is -0.494 e. The van der Waals surface area contributed by atoms with E-state index in [2.05, 4.69) is 10.1 Å². The van der Waals surface area contributed by atoms with E-state index >= 15 is 0 Å². The number of ether oxygens (including phenoxy) is 2. The monoisotopic (exact) mass is 345 g/mol. The van der Waals surface area contributed by atoms with E-state index in [0.717, 1.165) is 11.1 Å². The van der Waals surface area contributed by atoms with Gasteiger partial charge in [-0.25, -0.2) is 9.18 Å². The molecular formula is C19H20FNO4. The number of rotatable bonds is 7. The van der Waals surface area contributed by atoms with Gasteiger partial charge in [-0.15, -0.1) is 0 Å². The predicted octanol–water partition coefficient (Wildman–Crippen LogP) is 2.87. The molecule has 0 atom stereocenters. The van der Waals surface area contributed by atoms with Crippen LogP contribution in [0, 0.1) is 5.82 Å². The lowest BCUT2D eigenvalue weighted by atomic mass is 10.1. The van der Waals surface area contributed by atoms with Crippen molar-refractivity contribution in [1.29, 1.82) is 0 Å². The molecule has 0 fully saturated rings. The van der Waals surface area contributed by atoms with Crippen molar-refractivity contribution in [3.05, 3.63) is 65.0 Å². The topological polar surface area (TPSA) is 64.6 Å². The fourth-order valence-corrected chi connectivity index (χ4v) is 2.29. The summed E-state index contributed by atoms with van der Waals surface area (Å²) in [6.45, 7) is 0.358. The van der Waals surface area contributed by atoms with Gasteiger partial charge in [0.05, 0.1) is 19.8 Å². The van der Waals surface area contributed by atoms with Gasteiger partial charge in [-0.1, -0.05) is 18.2 Å².